The number of carbonyl (C=O) groups excluding carboxylic acids is 2. The van der Waals surface area contributed by atoms with Crippen molar-refractivity contribution in [1.29, 1.82) is 0 Å². The van der Waals surface area contributed by atoms with E-state index in [-0.39, 0.29) is 24.4 Å². The maximum Gasteiger partial charge on any atom is 0.163 e. The Balaban J connectivity index is 2.01. The lowest BCUT2D eigenvalue weighted by Crippen LogP contribution is -2.06. The number of rotatable bonds is 8. The van der Waals surface area contributed by atoms with Gasteiger partial charge < -0.3 is 4.98 Å². The largest absolute Gasteiger partial charge is 0.345 e. The summed E-state index contributed by atoms with van der Waals surface area (Å²) in [6.07, 6.45) is 9.48. The summed E-state index contributed by atoms with van der Waals surface area (Å²) in [6.45, 7) is 4.03. The molecule has 1 aromatic carbocycles. The van der Waals surface area contributed by atoms with Gasteiger partial charge >= 0.3 is 0 Å². The first-order chi connectivity index (χ1) is 11.2. The highest BCUT2D eigenvalue weighted by atomic mass is 16.1. The van der Waals surface area contributed by atoms with Crippen LogP contribution in [0.1, 0.15) is 49.9 Å². The van der Waals surface area contributed by atoms with Crippen molar-refractivity contribution in [2.24, 2.45) is 0 Å². The van der Waals surface area contributed by atoms with Gasteiger partial charge in [-0.25, -0.2) is 4.98 Å². The topological polar surface area (TPSA) is 62.8 Å². The molecule has 120 valence electrons. The van der Waals surface area contributed by atoms with E-state index in [0.717, 1.165) is 23.9 Å². The fourth-order valence-corrected chi connectivity index (χ4v) is 2.36. The number of fused-ring (bicyclic) bond motifs is 1. The number of aromatic amines is 1. The fraction of sp³-hybridized carbons (Fsp3) is 0.316. The van der Waals surface area contributed by atoms with E-state index in [4.69, 9.17) is 0 Å². The van der Waals surface area contributed by atoms with Crippen molar-refractivity contribution >= 4 is 22.6 Å². The Kier molecular flexibility index (Phi) is 6.03. The highest BCUT2D eigenvalue weighted by molar-refractivity contribution is 6.04. The second kappa shape index (κ2) is 8.22. The molecule has 0 fully saturated rings. The van der Waals surface area contributed by atoms with Gasteiger partial charge in [-0.1, -0.05) is 32.1 Å². The second-order valence-electron chi connectivity index (χ2n) is 5.36. The molecule has 2 rings (SSSR count). The first kappa shape index (κ1) is 16.9. The molecule has 0 unspecified atom stereocenters. The lowest BCUT2D eigenvalue weighted by atomic mass is 10.0. The van der Waals surface area contributed by atoms with Crippen molar-refractivity contribution < 1.29 is 9.59 Å². The van der Waals surface area contributed by atoms with Crippen LogP contribution in [-0.4, -0.2) is 21.5 Å². The number of hydrogen-bond acceptors (Lipinski definition) is 3. The summed E-state index contributed by atoms with van der Waals surface area (Å²) < 4.78 is 0. The van der Waals surface area contributed by atoms with Crippen LogP contribution in [0, 0.1) is 0 Å². The van der Waals surface area contributed by atoms with E-state index in [1.165, 1.54) is 0 Å². The Morgan fingerprint density at radius 1 is 1.17 bits per heavy atom. The number of benzene rings is 1. The molecule has 0 amide bonds. The van der Waals surface area contributed by atoms with Crippen LogP contribution < -0.4 is 0 Å². The van der Waals surface area contributed by atoms with E-state index in [2.05, 4.69) is 9.97 Å². The SMILES string of the molecule is CC/C=C\C(=C/CC)C(=O)CCC(=O)c1ccc2nc[nH]c2c1. The Morgan fingerprint density at radius 3 is 2.74 bits per heavy atom. The van der Waals surface area contributed by atoms with Gasteiger partial charge in [-0.2, -0.15) is 0 Å². The van der Waals surface area contributed by atoms with Gasteiger partial charge in [0.2, 0.25) is 0 Å². The smallest absolute Gasteiger partial charge is 0.163 e. The fourth-order valence-electron chi connectivity index (χ4n) is 2.36. The van der Waals surface area contributed by atoms with E-state index in [1.54, 1.807) is 18.5 Å². The zero-order valence-electron chi connectivity index (χ0n) is 13.6. The maximum atomic E-state index is 12.3. The summed E-state index contributed by atoms with van der Waals surface area (Å²) in [4.78, 5) is 31.7. The van der Waals surface area contributed by atoms with Crippen LogP contribution in [0.4, 0.5) is 0 Å². The average Bonchev–Trinajstić information content (AvgIpc) is 3.03. The zero-order valence-corrected chi connectivity index (χ0v) is 13.6. The van der Waals surface area contributed by atoms with Gasteiger partial charge in [0.1, 0.15) is 0 Å². The molecule has 23 heavy (non-hydrogen) atoms. The molecule has 1 aromatic heterocycles. The first-order valence-electron chi connectivity index (χ1n) is 8.02. The van der Waals surface area contributed by atoms with Crippen LogP contribution in [0.15, 0.2) is 48.3 Å². The van der Waals surface area contributed by atoms with E-state index < -0.39 is 0 Å². The normalized spacial score (nSPS) is 12.2. The standard InChI is InChI=1S/C19H22N2O2/c1-3-5-7-14(6-4-2)18(22)10-11-19(23)15-8-9-16-17(12-15)21-13-20-16/h5-9,12-13H,3-4,10-11H2,1-2H3,(H,20,21)/b7-5-,14-6+. The molecule has 2 aromatic rings. The number of Topliss-reactive ketones (excluding diaryl/α,β-unsaturated/α-hetero) is 2. The van der Waals surface area contributed by atoms with Gasteiger partial charge in [0, 0.05) is 24.0 Å². The van der Waals surface area contributed by atoms with Gasteiger partial charge in [-0.3, -0.25) is 9.59 Å². The Morgan fingerprint density at radius 2 is 2.00 bits per heavy atom. The van der Waals surface area contributed by atoms with Gasteiger partial charge in [0.05, 0.1) is 17.4 Å². The highest BCUT2D eigenvalue weighted by Gasteiger charge is 2.12. The highest BCUT2D eigenvalue weighted by Crippen LogP contribution is 2.15. The van der Waals surface area contributed by atoms with Gasteiger partial charge in [0.15, 0.2) is 11.6 Å². The minimum Gasteiger partial charge on any atom is -0.345 e. The summed E-state index contributed by atoms with van der Waals surface area (Å²) >= 11 is 0. The average molecular weight is 310 g/mol. The van der Waals surface area contributed by atoms with E-state index in [9.17, 15) is 9.59 Å². The Labute approximate surface area is 136 Å². The monoisotopic (exact) mass is 310 g/mol. The summed E-state index contributed by atoms with van der Waals surface area (Å²) in [5.74, 6) is -0.00214. The molecule has 4 heteroatoms. The van der Waals surface area contributed by atoms with Gasteiger partial charge in [0.25, 0.3) is 0 Å². The van der Waals surface area contributed by atoms with Crippen molar-refractivity contribution in [3.63, 3.8) is 0 Å². The quantitative estimate of drug-likeness (QED) is 0.446. The Hall–Kier alpha value is -2.49. The lowest BCUT2D eigenvalue weighted by molar-refractivity contribution is -0.115. The van der Waals surface area contributed by atoms with Crippen molar-refractivity contribution in [3.8, 4) is 0 Å². The van der Waals surface area contributed by atoms with Crippen molar-refractivity contribution in [1.82, 2.24) is 9.97 Å². The second-order valence-corrected chi connectivity index (χ2v) is 5.36. The molecule has 0 bridgehead atoms. The van der Waals surface area contributed by atoms with Crippen molar-refractivity contribution in [3.05, 3.63) is 53.9 Å². The molecular weight excluding hydrogens is 288 g/mol. The van der Waals surface area contributed by atoms with Crippen LogP contribution in [0.5, 0.6) is 0 Å². The van der Waals surface area contributed by atoms with Crippen LogP contribution in [0.2, 0.25) is 0 Å². The van der Waals surface area contributed by atoms with E-state index in [0.29, 0.717) is 11.1 Å². The summed E-state index contributed by atoms with van der Waals surface area (Å²) in [6, 6.07) is 5.36. The molecule has 0 spiro atoms. The molecule has 0 aliphatic carbocycles. The number of ketones is 2. The summed E-state index contributed by atoms with van der Waals surface area (Å²) in [7, 11) is 0. The number of aromatic nitrogens is 2. The van der Waals surface area contributed by atoms with Crippen molar-refractivity contribution in [2.75, 3.05) is 0 Å². The molecule has 1 heterocycles. The minimum absolute atomic E-state index is 0.0209. The molecular formula is C19H22N2O2. The van der Waals surface area contributed by atoms with Crippen LogP contribution in [0.3, 0.4) is 0 Å². The molecule has 0 saturated heterocycles. The van der Waals surface area contributed by atoms with E-state index in [1.807, 2.05) is 38.1 Å². The van der Waals surface area contributed by atoms with Crippen LogP contribution in [-0.2, 0) is 4.79 Å². The number of carbonyl (C=O) groups is 2. The van der Waals surface area contributed by atoms with E-state index >= 15 is 0 Å². The van der Waals surface area contributed by atoms with Gasteiger partial charge in [-0.05, 0) is 31.0 Å². The Bertz CT molecular complexity index is 754. The third-order valence-electron chi connectivity index (χ3n) is 3.60. The number of nitrogens with zero attached hydrogens (tertiary/aromatic N) is 1. The number of allylic oxidation sites excluding steroid dienone is 4. The maximum absolute atomic E-state index is 12.3. The first-order valence-corrected chi connectivity index (χ1v) is 8.02. The molecule has 1 N–H and O–H groups in total. The predicted octanol–water partition coefficient (Wildman–Crippen LogP) is 4.40. The van der Waals surface area contributed by atoms with Gasteiger partial charge in [-0.15, -0.1) is 0 Å². The molecule has 0 aliphatic rings. The summed E-state index contributed by atoms with van der Waals surface area (Å²) in [5.41, 5.74) is 2.97. The molecule has 0 radical (unpaired) electrons. The molecule has 0 aliphatic heterocycles. The van der Waals surface area contributed by atoms with Crippen LogP contribution in [0.25, 0.3) is 11.0 Å². The molecule has 0 saturated carbocycles. The third kappa shape index (κ3) is 4.49. The molecule has 0 atom stereocenters. The predicted molar refractivity (Wildman–Crippen MR) is 92.5 cm³/mol. The zero-order chi connectivity index (χ0) is 16.7. The number of H-pyrrole nitrogens is 1. The van der Waals surface area contributed by atoms with Crippen molar-refractivity contribution in [2.45, 2.75) is 39.5 Å². The number of imidazole rings is 1. The van der Waals surface area contributed by atoms with Crippen LogP contribution >= 0.6 is 0 Å². The molecule has 4 nitrogen and oxygen atoms in total. The number of nitrogens with one attached hydrogen (secondary N) is 1. The summed E-state index contributed by atoms with van der Waals surface area (Å²) in [5, 5.41) is 0. The third-order valence-corrected chi connectivity index (χ3v) is 3.60. The minimum atomic E-state index is -0.0230. The lowest BCUT2D eigenvalue weighted by Gasteiger charge is -2.03. The number of hydrogen-bond donors (Lipinski definition) is 1.